The summed E-state index contributed by atoms with van der Waals surface area (Å²) >= 11 is 7.83. The predicted molar refractivity (Wildman–Crippen MR) is 84.4 cm³/mol. The summed E-state index contributed by atoms with van der Waals surface area (Å²) < 4.78 is 5.87. The zero-order valence-electron chi connectivity index (χ0n) is 11.7. The zero-order chi connectivity index (χ0) is 14.4. The van der Waals surface area contributed by atoms with Crippen molar-refractivity contribution in [2.45, 2.75) is 27.0 Å². The summed E-state index contributed by atoms with van der Waals surface area (Å²) in [6.07, 6.45) is 1.82. The van der Waals surface area contributed by atoms with Crippen LogP contribution < -0.4 is 10.1 Å². The summed E-state index contributed by atoms with van der Waals surface area (Å²) in [5.74, 6) is 1.38. The highest BCUT2D eigenvalue weighted by molar-refractivity contribution is 7.09. The first-order valence-corrected chi connectivity index (χ1v) is 7.91. The molecule has 1 aromatic heterocycles. The Balaban J connectivity index is 2.01. The Kier molecular flexibility index (Phi) is 5.83. The molecule has 1 heterocycles. The molecule has 0 unspecified atom stereocenters. The van der Waals surface area contributed by atoms with E-state index in [4.69, 9.17) is 16.3 Å². The maximum absolute atomic E-state index is 6.25. The quantitative estimate of drug-likeness (QED) is 0.835. The van der Waals surface area contributed by atoms with E-state index < -0.39 is 0 Å². The molecule has 1 aromatic carbocycles. The van der Waals surface area contributed by atoms with Gasteiger partial charge in [0.2, 0.25) is 0 Å². The van der Waals surface area contributed by atoms with E-state index in [0.29, 0.717) is 17.5 Å². The molecule has 0 aliphatic rings. The van der Waals surface area contributed by atoms with Gasteiger partial charge in [-0.2, -0.15) is 0 Å². The van der Waals surface area contributed by atoms with E-state index in [0.717, 1.165) is 29.3 Å². The van der Waals surface area contributed by atoms with Crippen molar-refractivity contribution >= 4 is 22.9 Å². The van der Waals surface area contributed by atoms with Gasteiger partial charge in [-0.15, -0.1) is 11.3 Å². The number of hydrogen-bond donors (Lipinski definition) is 1. The topological polar surface area (TPSA) is 34.1 Å². The second-order valence-electron chi connectivity index (χ2n) is 5.01. The fourth-order valence-corrected chi connectivity index (χ4v) is 2.56. The molecular formula is C15H19ClN2OS. The number of aromatic nitrogens is 1. The first-order chi connectivity index (χ1) is 9.66. The van der Waals surface area contributed by atoms with Crippen molar-refractivity contribution in [3.05, 3.63) is 45.4 Å². The average molecular weight is 311 g/mol. The zero-order valence-corrected chi connectivity index (χ0v) is 13.3. The van der Waals surface area contributed by atoms with Crippen LogP contribution in [0.2, 0.25) is 5.02 Å². The molecule has 108 valence electrons. The summed E-state index contributed by atoms with van der Waals surface area (Å²) in [5.41, 5.74) is 2.89. The Morgan fingerprint density at radius 3 is 2.95 bits per heavy atom. The fraction of sp³-hybridized carbons (Fsp3) is 0.400. The molecule has 0 saturated heterocycles. The molecule has 0 amide bonds. The van der Waals surface area contributed by atoms with Crippen LogP contribution >= 0.6 is 22.9 Å². The van der Waals surface area contributed by atoms with Crippen LogP contribution in [0.25, 0.3) is 0 Å². The first kappa shape index (κ1) is 15.3. The lowest BCUT2D eigenvalue weighted by atomic mass is 10.2. The summed E-state index contributed by atoms with van der Waals surface area (Å²) in [6, 6.07) is 5.85. The lowest BCUT2D eigenvalue weighted by molar-refractivity contribution is 0.305. The molecule has 0 atom stereocenters. The van der Waals surface area contributed by atoms with Crippen molar-refractivity contribution in [1.29, 1.82) is 0 Å². The number of nitrogens with zero attached hydrogens (tertiary/aromatic N) is 1. The second-order valence-corrected chi connectivity index (χ2v) is 6.39. The molecule has 5 heteroatoms. The Bertz CT molecular complexity index is 529. The molecule has 0 saturated carbocycles. The minimum atomic E-state index is 0.506. The predicted octanol–water partition coefficient (Wildman–Crippen LogP) is 4.12. The standard InChI is InChI=1S/C15H19ClN2OS/c1-11(2)6-17-7-12-4-3-5-14(16)15(12)19-9-13-8-18-10-20-13/h3-5,8,10-11,17H,6-7,9H2,1-2H3. The van der Waals surface area contributed by atoms with Crippen LogP contribution in [0.1, 0.15) is 24.3 Å². The van der Waals surface area contributed by atoms with E-state index in [-0.39, 0.29) is 0 Å². The van der Waals surface area contributed by atoms with Gasteiger partial charge in [-0.25, -0.2) is 0 Å². The molecule has 3 nitrogen and oxygen atoms in total. The number of benzene rings is 1. The van der Waals surface area contributed by atoms with Crippen LogP contribution in [0.4, 0.5) is 0 Å². The van der Waals surface area contributed by atoms with Crippen LogP contribution in [-0.4, -0.2) is 11.5 Å². The number of halogens is 1. The maximum Gasteiger partial charge on any atom is 0.142 e. The summed E-state index contributed by atoms with van der Waals surface area (Å²) in [5, 5.41) is 4.06. The van der Waals surface area contributed by atoms with E-state index in [1.54, 1.807) is 16.8 Å². The van der Waals surface area contributed by atoms with Gasteiger partial charge in [0.15, 0.2) is 0 Å². The van der Waals surface area contributed by atoms with Gasteiger partial charge in [0, 0.05) is 18.3 Å². The molecule has 0 aliphatic carbocycles. The Morgan fingerprint density at radius 1 is 1.40 bits per heavy atom. The number of rotatable bonds is 7. The Hall–Kier alpha value is -1.10. The van der Waals surface area contributed by atoms with E-state index >= 15 is 0 Å². The third-order valence-electron chi connectivity index (χ3n) is 2.76. The molecule has 0 bridgehead atoms. The van der Waals surface area contributed by atoms with Crippen molar-refractivity contribution in [3.8, 4) is 5.75 Å². The highest BCUT2D eigenvalue weighted by atomic mass is 35.5. The molecular weight excluding hydrogens is 292 g/mol. The van der Waals surface area contributed by atoms with Gasteiger partial charge in [-0.1, -0.05) is 37.6 Å². The number of thiazole rings is 1. The Morgan fingerprint density at radius 2 is 2.25 bits per heavy atom. The smallest absolute Gasteiger partial charge is 0.142 e. The van der Waals surface area contributed by atoms with Gasteiger partial charge in [-0.05, 0) is 18.5 Å². The van der Waals surface area contributed by atoms with Gasteiger partial charge in [0.25, 0.3) is 0 Å². The van der Waals surface area contributed by atoms with Crippen LogP contribution in [0, 0.1) is 5.92 Å². The maximum atomic E-state index is 6.25. The van der Waals surface area contributed by atoms with Crippen molar-refractivity contribution in [1.82, 2.24) is 10.3 Å². The van der Waals surface area contributed by atoms with E-state index in [2.05, 4.69) is 24.1 Å². The minimum absolute atomic E-state index is 0.506. The molecule has 0 aliphatic heterocycles. The van der Waals surface area contributed by atoms with Gasteiger partial charge in [0.05, 0.1) is 15.4 Å². The minimum Gasteiger partial charge on any atom is -0.486 e. The lowest BCUT2D eigenvalue weighted by Gasteiger charge is -2.14. The van der Waals surface area contributed by atoms with E-state index in [9.17, 15) is 0 Å². The van der Waals surface area contributed by atoms with Gasteiger partial charge in [-0.3, -0.25) is 4.98 Å². The molecule has 0 spiro atoms. The number of ether oxygens (including phenoxy) is 1. The van der Waals surface area contributed by atoms with Crippen LogP contribution in [0.3, 0.4) is 0 Å². The fourth-order valence-electron chi connectivity index (χ4n) is 1.81. The summed E-state index contributed by atoms with van der Waals surface area (Å²) in [6.45, 7) is 6.61. The van der Waals surface area contributed by atoms with Crippen molar-refractivity contribution in [3.63, 3.8) is 0 Å². The second kappa shape index (κ2) is 7.62. The monoisotopic (exact) mass is 310 g/mol. The normalized spacial score (nSPS) is 11.0. The highest BCUT2D eigenvalue weighted by Crippen LogP contribution is 2.29. The van der Waals surface area contributed by atoms with Crippen molar-refractivity contribution < 1.29 is 4.74 Å². The SMILES string of the molecule is CC(C)CNCc1cccc(Cl)c1OCc1cncs1. The number of hydrogen-bond acceptors (Lipinski definition) is 4. The molecule has 20 heavy (non-hydrogen) atoms. The molecule has 2 aromatic rings. The van der Waals surface area contributed by atoms with Gasteiger partial charge >= 0.3 is 0 Å². The van der Waals surface area contributed by atoms with Crippen LogP contribution in [-0.2, 0) is 13.2 Å². The van der Waals surface area contributed by atoms with Crippen molar-refractivity contribution in [2.24, 2.45) is 5.92 Å². The van der Waals surface area contributed by atoms with Crippen LogP contribution in [0.15, 0.2) is 29.9 Å². The van der Waals surface area contributed by atoms with Gasteiger partial charge in [0.1, 0.15) is 12.4 Å². The summed E-state index contributed by atoms with van der Waals surface area (Å²) in [7, 11) is 0. The summed E-state index contributed by atoms with van der Waals surface area (Å²) in [4.78, 5) is 5.13. The first-order valence-electron chi connectivity index (χ1n) is 6.65. The lowest BCUT2D eigenvalue weighted by Crippen LogP contribution is -2.19. The van der Waals surface area contributed by atoms with E-state index in [1.807, 2.05) is 24.4 Å². The third kappa shape index (κ3) is 4.47. The van der Waals surface area contributed by atoms with Gasteiger partial charge < -0.3 is 10.1 Å². The van der Waals surface area contributed by atoms with Crippen molar-refractivity contribution in [2.75, 3.05) is 6.54 Å². The molecule has 1 N–H and O–H groups in total. The average Bonchev–Trinajstić information content (AvgIpc) is 2.90. The molecule has 2 rings (SSSR count). The van der Waals surface area contributed by atoms with Crippen LogP contribution in [0.5, 0.6) is 5.75 Å². The largest absolute Gasteiger partial charge is 0.486 e. The molecule has 0 fully saturated rings. The molecule has 0 radical (unpaired) electrons. The third-order valence-corrected chi connectivity index (χ3v) is 3.81. The highest BCUT2D eigenvalue weighted by Gasteiger charge is 2.09. The Labute approximate surface area is 129 Å². The van der Waals surface area contributed by atoms with E-state index in [1.165, 1.54) is 0 Å². The number of para-hydroxylation sites is 1. The number of nitrogens with one attached hydrogen (secondary N) is 1.